The van der Waals surface area contributed by atoms with Crippen LogP contribution >= 0.6 is 0 Å². The van der Waals surface area contributed by atoms with Crippen LogP contribution in [0.5, 0.6) is 0 Å². The number of piperidine rings is 1. The van der Waals surface area contributed by atoms with Gasteiger partial charge in [0, 0.05) is 25.2 Å². The van der Waals surface area contributed by atoms with Crippen molar-refractivity contribution in [2.24, 2.45) is 0 Å². The summed E-state index contributed by atoms with van der Waals surface area (Å²) in [4.78, 5) is 2.25. The fourth-order valence-electron chi connectivity index (χ4n) is 2.77. The van der Waals surface area contributed by atoms with Crippen molar-refractivity contribution in [3.05, 3.63) is 29.6 Å². The highest BCUT2D eigenvalue weighted by Gasteiger charge is 2.23. The first kappa shape index (κ1) is 14.3. The third-order valence-corrected chi connectivity index (χ3v) is 3.86. The van der Waals surface area contributed by atoms with Gasteiger partial charge in [0.2, 0.25) is 0 Å². The summed E-state index contributed by atoms with van der Waals surface area (Å²) in [6.45, 7) is 8.13. The van der Waals surface area contributed by atoms with E-state index in [9.17, 15) is 4.39 Å². The van der Waals surface area contributed by atoms with Crippen molar-refractivity contribution in [2.45, 2.75) is 58.7 Å². The summed E-state index contributed by atoms with van der Waals surface area (Å²) in [5.41, 5.74) is 1.88. The highest BCUT2D eigenvalue weighted by atomic mass is 19.1. The molecule has 0 amide bonds. The van der Waals surface area contributed by atoms with E-state index in [1.165, 1.54) is 6.42 Å². The standard InChI is InChI=1S/C16H25FN2/c1-12(2)18-11-14-8-6-9-15(17)16(14)19-10-5-4-7-13(19)3/h6,8-9,12-13,18H,4-5,7,10-11H2,1-3H3. The molecule has 106 valence electrons. The fourth-order valence-corrected chi connectivity index (χ4v) is 2.77. The molecule has 1 aliphatic heterocycles. The maximum atomic E-state index is 14.3. The monoisotopic (exact) mass is 264 g/mol. The number of nitrogens with one attached hydrogen (secondary N) is 1. The van der Waals surface area contributed by atoms with Gasteiger partial charge in [0.1, 0.15) is 5.82 Å². The Kier molecular flexibility index (Phi) is 4.81. The van der Waals surface area contributed by atoms with E-state index in [1.54, 1.807) is 6.07 Å². The third-order valence-electron chi connectivity index (χ3n) is 3.86. The van der Waals surface area contributed by atoms with Gasteiger partial charge >= 0.3 is 0 Å². The van der Waals surface area contributed by atoms with Crippen LogP contribution < -0.4 is 10.2 Å². The zero-order valence-electron chi connectivity index (χ0n) is 12.2. The predicted molar refractivity (Wildman–Crippen MR) is 79.0 cm³/mol. The molecule has 19 heavy (non-hydrogen) atoms. The summed E-state index contributed by atoms with van der Waals surface area (Å²) in [5, 5.41) is 3.39. The van der Waals surface area contributed by atoms with Crippen molar-refractivity contribution in [3.8, 4) is 0 Å². The van der Waals surface area contributed by atoms with Crippen LogP contribution in [0, 0.1) is 5.82 Å². The van der Waals surface area contributed by atoms with E-state index in [2.05, 4.69) is 31.0 Å². The summed E-state index contributed by atoms with van der Waals surface area (Å²) in [5.74, 6) is -0.0863. The molecule has 1 aromatic carbocycles. The summed E-state index contributed by atoms with van der Waals surface area (Å²) in [6.07, 6.45) is 3.58. The van der Waals surface area contributed by atoms with Gasteiger partial charge in [-0.25, -0.2) is 4.39 Å². The average Bonchev–Trinajstić information content (AvgIpc) is 2.37. The largest absolute Gasteiger partial charge is 0.366 e. The summed E-state index contributed by atoms with van der Waals surface area (Å²) < 4.78 is 14.3. The Bertz CT molecular complexity index is 417. The second kappa shape index (κ2) is 6.38. The molecule has 0 saturated carbocycles. The number of hydrogen-bond donors (Lipinski definition) is 1. The zero-order valence-corrected chi connectivity index (χ0v) is 12.2. The molecular formula is C16H25FN2. The van der Waals surface area contributed by atoms with E-state index >= 15 is 0 Å². The molecule has 0 aliphatic carbocycles. The lowest BCUT2D eigenvalue weighted by atomic mass is 10.0. The molecular weight excluding hydrogens is 239 g/mol. The van der Waals surface area contributed by atoms with E-state index in [0.29, 0.717) is 12.1 Å². The minimum Gasteiger partial charge on any atom is -0.366 e. The van der Waals surface area contributed by atoms with Gasteiger partial charge in [-0.3, -0.25) is 0 Å². The number of benzene rings is 1. The number of halogens is 1. The van der Waals surface area contributed by atoms with Crippen molar-refractivity contribution >= 4 is 5.69 Å². The minimum atomic E-state index is -0.0863. The van der Waals surface area contributed by atoms with Gasteiger partial charge in [-0.1, -0.05) is 26.0 Å². The second-order valence-corrected chi connectivity index (χ2v) is 5.82. The lowest BCUT2D eigenvalue weighted by Gasteiger charge is -2.37. The number of rotatable bonds is 4. The fraction of sp³-hybridized carbons (Fsp3) is 0.625. The number of anilines is 1. The molecule has 0 bridgehead atoms. The Hall–Kier alpha value is -1.09. The summed E-state index contributed by atoms with van der Waals surface area (Å²) in [7, 11) is 0. The van der Waals surface area contributed by atoms with Crippen LogP contribution in [0.1, 0.15) is 45.6 Å². The molecule has 1 fully saturated rings. The molecule has 1 aromatic rings. The molecule has 1 heterocycles. The second-order valence-electron chi connectivity index (χ2n) is 5.82. The maximum Gasteiger partial charge on any atom is 0.146 e. The highest BCUT2D eigenvalue weighted by Crippen LogP contribution is 2.30. The number of nitrogens with zero attached hydrogens (tertiary/aromatic N) is 1. The molecule has 1 unspecified atom stereocenters. The highest BCUT2D eigenvalue weighted by molar-refractivity contribution is 5.56. The van der Waals surface area contributed by atoms with Crippen molar-refractivity contribution < 1.29 is 4.39 Å². The minimum absolute atomic E-state index is 0.0863. The van der Waals surface area contributed by atoms with Gasteiger partial charge in [-0.2, -0.15) is 0 Å². The number of hydrogen-bond acceptors (Lipinski definition) is 2. The predicted octanol–water partition coefficient (Wildman–Crippen LogP) is 3.70. The zero-order chi connectivity index (χ0) is 13.8. The van der Waals surface area contributed by atoms with Crippen LogP contribution in [0.4, 0.5) is 10.1 Å². The average molecular weight is 264 g/mol. The lowest BCUT2D eigenvalue weighted by molar-refractivity contribution is 0.472. The molecule has 0 radical (unpaired) electrons. The molecule has 1 N–H and O–H groups in total. The van der Waals surface area contributed by atoms with Gasteiger partial charge in [0.05, 0.1) is 5.69 Å². The Balaban J connectivity index is 2.26. The van der Waals surface area contributed by atoms with Gasteiger partial charge in [-0.05, 0) is 37.8 Å². The smallest absolute Gasteiger partial charge is 0.146 e. The van der Waals surface area contributed by atoms with Crippen LogP contribution in [0.3, 0.4) is 0 Å². The Morgan fingerprint density at radius 2 is 2.16 bits per heavy atom. The number of para-hydroxylation sites is 1. The molecule has 3 heteroatoms. The van der Waals surface area contributed by atoms with Gasteiger partial charge in [0.25, 0.3) is 0 Å². The molecule has 1 atom stereocenters. The lowest BCUT2D eigenvalue weighted by Crippen LogP contribution is -2.39. The van der Waals surface area contributed by atoms with E-state index in [1.807, 2.05) is 12.1 Å². The van der Waals surface area contributed by atoms with E-state index in [0.717, 1.165) is 37.2 Å². The van der Waals surface area contributed by atoms with E-state index in [4.69, 9.17) is 0 Å². The first-order valence-electron chi connectivity index (χ1n) is 7.37. The normalized spacial score (nSPS) is 20.1. The molecule has 0 aromatic heterocycles. The van der Waals surface area contributed by atoms with Crippen molar-refractivity contribution in [3.63, 3.8) is 0 Å². The van der Waals surface area contributed by atoms with Crippen molar-refractivity contribution in [2.75, 3.05) is 11.4 Å². The van der Waals surface area contributed by atoms with Crippen LogP contribution in [-0.4, -0.2) is 18.6 Å². The van der Waals surface area contributed by atoms with Crippen LogP contribution in [-0.2, 0) is 6.54 Å². The quantitative estimate of drug-likeness (QED) is 0.892. The van der Waals surface area contributed by atoms with Crippen LogP contribution in [0.25, 0.3) is 0 Å². The Morgan fingerprint density at radius 1 is 1.37 bits per heavy atom. The van der Waals surface area contributed by atoms with Gasteiger partial charge in [-0.15, -0.1) is 0 Å². The molecule has 2 rings (SSSR count). The topological polar surface area (TPSA) is 15.3 Å². The first-order chi connectivity index (χ1) is 9.09. The summed E-state index contributed by atoms with van der Waals surface area (Å²) in [6, 6.07) is 6.27. The van der Waals surface area contributed by atoms with Crippen LogP contribution in [0.2, 0.25) is 0 Å². The van der Waals surface area contributed by atoms with E-state index in [-0.39, 0.29) is 5.82 Å². The van der Waals surface area contributed by atoms with Crippen molar-refractivity contribution in [1.29, 1.82) is 0 Å². The van der Waals surface area contributed by atoms with Crippen LogP contribution in [0.15, 0.2) is 18.2 Å². The molecule has 1 aliphatic rings. The molecule has 1 saturated heterocycles. The Labute approximate surface area is 116 Å². The Morgan fingerprint density at radius 3 is 2.84 bits per heavy atom. The maximum absolute atomic E-state index is 14.3. The molecule has 2 nitrogen and oxygen atoms in total. The summed E-state index contributed by atoms with van der Waals surface area (Å²) >= 11 is 0. The van der Waals surface area contributed by atoms with Gasteiger partial charge in [0.15, 0.2) is 0 Å². The SMILES string of the molecule is CC(C)NCc1cccc(F)c1N1CCCCC1C. The third kappa shape index (κ3) is 3.47. The molecule has 0 spiro atoms. The van der Waals surface area contributed by atoms with Gasteiger partial charge < -0.3 is 10.2 Å². The van der Waals surface area contributed by atoms with Crippen molar-refractivity contribution in [1.82, 2.24) is 5.32 Å². The first-order valence-corrected chi connectivity index (χ1v) is 7.37. The van der Waals surface area contributed by atoms with E-state index < -0.39 is 0 Å².